The number of rotatable bonds is 6. The number of aliphatic hydroxyl groups excluding tert-OH is 1. The van der Waals surface area contributed by atoms with E-state index in [-0.39, 0.29) is 31.2 Å². The van der Waals surface area contributed by atoms with E-state index in [0.717, 1.165) is 31.8 Å². The zero-order chi connectivity index (χ0) is 13.8. The van der Waals surface area contributed by atoms with Crippen molar-refractivity contribution in [1.29, 1.82) is 0 Å². The van der Waals surface area contributed by atoms with E-state index in [9.17, 15) is 0 Å². The molecular weight excluding hydrogens is 323 g/mol. The van der Waals surface area contributed by atoms with Gasteiger partial charge in [0, 0.05) is 31.7 Å². The molecule has 7 heteroatoms. The summed E-state index contributed by atoms with van der Waals surface area (Å²) in [4.78, 5) is 2.25. The van der Waals surface area contributed by atoms with Crippen LogP contribution in [0.5, 0.6) is 5.75 Å². The summed E-state index contributed by atoms with van der Waals surface area (Å²) in [6.45, 7) is 2.68. The smallest absolute Gasteiger partial charge is 0.124 e. The molecule has 0 aromatic heterocycles. The molecule has 0 unspecified atom stereocenters. The van der Waals surface area contributed by atoms with E-state index in [4.69, 9.17) is 38.8 Å². The van der Waals surface area contributed by atoms with Crippen LogP contribution in [-0.2, 0) is 0 Å². The topological polar surface area (TPSA) is 58.7 Å². The fourth-order valence-corrected chi connectivity index (χ4v) is 2.25. The Bertz CT molecular complexity index is 428. The Hall–Kier alpha value is -0.230. The van der Waals surface area contributed by atoms with Crippen LogP contribution in [0.1, 0.15) is 6.42 Å². The predicted octanol–water partition coefficient (Wildman–Crippen LogP) is 2.19. The Kier molecular flexibility index (Phi) is 7.37. The third kappa shape index (κ3) is 4.95. The van der Waals surface area contributed by atoms with Crippen LogP contribution in [0.15, 0.2) is 18.2 Å². The number of aliphatic hydroxyl groups is 1. The summed E-state index contributed by atoms with van der Waals surface area (Å²) in [5.41, 5.74) is 5.65. The molecule has 1 aliphatic heterocycles. The molecule has 1 saturated heterocycles. The molecule has 1 fully saturated rings. The molecule has 0 amide bonds. The van der Waals surface area contributed by atoms with Crippen molar-refractivity contribution >= 4 is 35.6 Å². The molecule has 0 aliphatic carbocycles. The molecule has 3 N–H and O–H groups in total. The number of ether oxygens (including phenoxy) is 1. The first-order chi connectivity index (χ1) is 9.08. The summed E-state index contributed by atoms with van der Waals surface area (Å²) in [6, 6.07) is 5.15. The largest absolute Gasteiger partial charge is 0.488 e. The maximum Gasteiger partial charge on any atom is 0.124 e. The molecule has 1 aliphatic rings. The second kappa shape index (κ2) is 8.27. The normalized spacial score (nSPS) is 17.2. The Morgan fingerprint density at radius 3 is 2.65 bits per heavy atom. The highest BCUT2D eigenvalue weighted by atomic mass is 35.5. The van der Waals surface area contributed by atoms with Gasteiger partial charge in [0.25, 0.3) is 0 Å². The Morgan fingerprint density at radius 1 is 1.35 bits per heavy atom. The zero-order valence-electron chi connectivity index (χ0n) is 11.0. The van der Waals surface area contributed by atoms with Gasteiger partial charge in [0.05, 0.1) is 16.7 Å². The molecule has 0 radical (unpaired) electrons. The number of nitrogens with zero attached hydrogens (tertiary/aromatic N) is 1. The molecule has 4 nitrogen and oxygen atoms in total. The van der Waals surface area contributed by atoms with Gasteiger partial charge in [0.15, 0.2) is 0 Å². The maximum atomic E-state index is 8.84. The standard InChI is InChI=1S/C13H18Cl2N2O2.ClH/c14-12-2-1-10(5-13(12)15)19-11-6-17(7-11)4-3-9(16)8-18;/h1-2,5,9,11,18H,3-4,6-8,16H2;1H/t9-;/m0./s1. The van der Waals surface area contributed by atoms with E-state index in [0.29, 0.717) is 10.0 Å². The molecule has 0 spiro atoms. The van der Waals surface area contributed by atoms with Gasteiger partial charge >= 0.3 is 0 Å². The number of hydrogen-bond donors (Lipinski definition) is 2. The van der Waals surface area contributed by atoms with Crippen LogP contribution in [0.3, 0.4) is 0 Å². The lowest BCUT2D eigenvalue weighted by atomic mass is 10.1. The summed E-state index contributed by atoms with van der Waals surface area (Å²) in [7, 11) is 0. The fourth-order valence-electron chi connectivity index (χ4n) is 1.96. The summed E-state index contributed by atoms with van der Waals surface area (Å²) < 4.78 is 5.78. The summed E-state index contributed by atoms with van der Waals surface area (Å²) in [5.74, 6) is 0.742. The molecule has 2 rings (SSSR count). The Balaban J connectivity index is 0.00000200. The monoisotopic (exact) mass is 340 g/mol. The van der Waals surface area contributed by atoms with Gasteiger partial charge in [-0.1, -0.05) is 23.2 Å². The van der Waals surface area contributed by atoms with E-state index < -0.39 is 0 Å². The molecule has 20 heavy (non-hydrogen) atoms. The molecule has 114 valence electrons. The van der Waals surface area contributed by atoms with Gasteiger partial charge in [0.2, 0.25) is 0 Å². The first kappa shape index (κ1) is 17.8. The van der Waals surface area contributed by atoms with Gasteiger partial charge in [0.1, 0.15) is 11.9 Å². The molecule has 1 atom stereocenters. The number of halogens is 3. The van der Waals surface area contributed by atoms with Crippen LogP contribution in [-0.4, -0.2) is 48.4 Å². The lowest BCUT2D eigenvalue weighted by Crippen LogP contribution is -2.54. The van der Waals surface area contributed by atoms with Crippen molar-refractivity contribution in [3.8, 4) is 5.75 Å². The van der Waals surface area contributed by atoms with Crippen LogP contribution in [0.25, 0.3) is 0 Å². The average molecular weight is 342 g/mol. The van der Waals surface area contributed by atoms with Gasteiger partial charge < -0.3 is 15.6 Å². The summed E-state index contributed by atoms with van der Waals surface area (Å²) >= 11 is 11.8. The molecule has 0 saturated carbocycles. The van der Waals surface area contributed by atoms with Crippen molar-refractivity contribution in [2.45, 2.75) is 18.6 Å². The SMILES string of the molecule is Cl.N[C@H](CO)CCN1CC(Oc2ccc(Cl)c(Cl)c2)C1. The van der Waals surface area contributed by atoms with Crippen molar-refractivity contribution in [3.63, 3.8) is 0 Å². The van der Waals surface area contributed by atoms with Crippen LogP contribution in [0.4, 0.5) is 0 Å². The second-order valence-corrected chi connectivity index (χ2v) is 5.62. The quantitative estimate of drug-likeness (QED) is 0.833. The number of benzene rings is 1. The minimum atomic E-state index is -0.130. The van der Waals surface area contributed by atoms with Crippen molar-refractivity contribution in [1.82, 2.24) is 4.90 Å². The van der Waals surface area contributed by atoms with Crippen LogP contribution >= 0.6 is 35.6 Å². The predicted molar refractivity (Wildman–Crippen MR) is 84.2 cm³/mol. The Labute approximate surface area is 135 Å². The van der Waals surface area contributed by atoms with Crippen LogP contribution < -0.4 is 10.5 Å². The summed E-state index contributed by atoms with van der Waals surface area (Å²) in [5, 5.41) is 9.88. The number of nitrogens with two attached hydrogens (primary N) is 1. The Morgan fingerprint density at radius 2 is 2.05 bits per heavy atom. The van der Waals surface area contributed by atoms with Crippen molar-refractivity contribution in [3.05, 3.63) is 28.2 Å². The van der Waals surface area contributed by atoms with Gasteiger partial charge in [-0.25, -0.2) is 0 Å². The van der Waals surface area contributed by atoms with Crippen LogP contribution in [0.2, 0.25) is 10.0 Å². The first-order valence-corrected chi connectivity index (χ1v) is 7.04. The lowest BCUT2D eigenvalue weighted by molar-refractivity contribution is 0.0174. The lowest BCUT2D eigenvalue weighted by Gasteiger charge is -2.39. The van der Waals surface area contributed by atoms with Crippen molar-refractivity contribution < 1.29 is 9.84 Å². The first-order valence-electron chi connectivity index (χ1n) is 6.29. The van der Waals surface area contributed by atoms with Crippen molar-refractivity contribution in [2.75, 3.05) is 26.2 Å². The van der Waals surface area contributed by atoms with Gasteiger partial charge in [-0.3, -0.25) is 4.90 Å². The fraction of sp³-hybridized carbons (Fsp3) is 0.538. The molecular formula is C13H19Cl3N2O2. The molecule has 1 aromatic carbocycles. The molecule has 1 aromatic rings. The minimum Gasteiger partial charge on any atom is -0.488 e. The van der Waals surface area contributed by atoms with Gasteiger partial charge in [-0.15, -0.1) is 12.4 Å². The van der Waals surface area contributed by atoms with E-state index in [2.05, 4.69) is 4.90 Å². The maximum absolute atomic E-state index is 8.84. The van der Waals surface area contributed by atoms with Crippen LogP contribution in [0, 0.1) is 0 Å². The van der Waals surface area contributed by atoms with E-state index in [1.54, 1.807) is 12.1 Å². The highest BCUT2D eigenvalue weighted by Gasteiger charge is 2.28. The zero-order valence-corrected chi connectivity index (χ0v) is 13.3. The van der Waals surface area contributed by atoms with E-state index >= 15 is 0 Å². The number of hydrogen-bond acceptors (Lipinski definition) is 4. The van der Waals surface area contributed by atoms with Gasteiger partial charge in [-0.2, -0.15) is 0 Å². The highest BCUT2D eigenvalue weighted by molar-refractivity contribution is 6.42. The van der Waals surface area contributed by atoms with E-state index in [1.165, 1.54) is 0 Å². The summed E-state index contributed by atoms with van der Waals surface area (Å²) in [6.07, 6.45) is 0.985. The van der Waals surface area contributed by atoms with Gasteiger partial charge in [-0.05, 0) is 18.6 Å². The molecule has 0 bridgehead atoms. The number of likely N-dealkylation sites (tertiary alicyclic amines) is 1. The molecule has 1 heterocycles. The average Bonchev–Trinajstić information content (AvgIpc) is 2.35. The highest BCUT2D eigenvalue weighted by Crippen LogP contribution is 2.27. The van der Waals surface area contributed by atoms with E-state index in [1.807, 2.05) is 6.07 Å². The second-order valence-electron chi connectivity index (χ2n) is 4.81. The third-order valence-electron chi connectivity index (χ3n) is 3.17. The third-order valence-corrected chi connectivity index (χ3v) is 3.91. The minimum absolute atomic E-state index is 0. The van der Waals surface area contributed by atoms with Crippen molar-refractivity contribution in [2.24, 2.45) is 5.73 Å².